The molecule has 5 rings (SSSR count). The number of aryl methyl sites for hydroxylation is 1. The highest BCUT2D eigenvalue weighted by Crippen LogP contribution is 2.58. The van der Waals surface area contributed by atoms with Gasteiger partial charge >= 0.3 is 0 Å². The summed E-state index contributed by atoms with van der Waals surface area (Å²) in [7, 11) is 3.44. The maximum atomic E-state index is 15.1. The number of halogens is 2. The first-order valence-electron chi connectivity index (χ1n) is 11.8. The molecule has 0 aliphatic heterocycles. The Hall–Kier alpha value is -3.36. The Kier molecular flexibility index (Phi) is 5.41. The summed E-state index contributed by atoms with van der Waals surface area (Å²) in [5, 5.41) is 22.8. The molecule has 3 aromatic rings. The minimum atomic E-state index is -1.26. The van der Waals surface area contributed by atoms with E-state index in [9.17, 15) is 14.3 Å². The number of anilines is 1. The fourth-order valence-electron chi connectivity index (χ4n) is 6.16. The summed E-state index contributed by atoms with van der Waals surface area (Å²) >= 11 is 0. The van der Waals surface area contributed by atoms with Crippen molar-refractivity contribution in [3.05, 3.63) is 52.5 Å². The van der Waals surface area contributed by atoms with Crippen molar-refractivity contribution in [3.8, 4) is 28.1 Å². The molecule has 7 nitrogen and oxygen atoms in total. The van der Waals surface area contributed by atoms with Crippen molar-refractivity contribution < 1.29 is 13.9 Å². The van der Waals surface area contributed by atoms with Gasteiger partial charge in [0.1, 0.15) is 5.75 Å². The van der Waals surface area contributed by atoms with E-state index in [0.29, 0.717) is 22.7 Å². The third-order valence-corrected chi connectivity index (χ3v) is 7.92. The molecule has 2 heterocycles. The summed E-state index contributed by atoms with van der Waals surface area (Å²) in [5.74, 6) is -2.31. The van der Waals surface area contributed by atoms with E-state index in [1.807, 2.05) is 7.05 Å². The summed E-state index contributed by atoms with van der Waals surface area (Å²) < 4.78 is 31.1. The topological polar surface area (TPSA) is 84.1 Å². The van der Waals surface area contributed by atoms with Crippen molar-refractivity contribution in [2.75, 3.05) is 11.9 Å². The van der Waals surface area contributed by atoms with Crippen LogP contribution in [0.25, 0.3) is 22.4 Å². The van der Waals surface area contributed by atoms with Gasteiger partial charge in [-0.3, -0.25) is 4.79 Å². The Balaban J connectivity index is 1.44. The summed E-state index contributed by atoms with van der Waals surface area (Å²) in [6, 6.07) is 5.80. The highest BCUT2D eigenvalue weighted by molar-refractivity contribution is 5.75. The Labute approximate surface area is 202 Å². The summed E-state index contributed by atoms with van der Waals surface area (Å²) in [6.45, 7) is 4.72. The number of aromatic nitrogens is 4. The molecule has 2 aliphatic carbocycles. The van der Waals surface area contributed by atoms with Gasteiger partial charge in [-0.1, -0.05) is 13.8 Å². The number of fused-ring (bicyclic) bond motifs is 2. The monoisotopic (exact) mass is 481 g/mol. The van der Waals surface area contributed by atoms with Gasteiger partial charge in [0.15, 0.2) is 17.5 Å². The molecule has 9 heteroatoms. The third-order valence-electron chi connectivity index (χ3n) is 7.92. The SMILES string of the molecule is CN(c1ccc(-c2c(O)cc(-c3cnn(C)c(=O)c3)c(F)c2F)nn1)C1C[C@]2(C)CC[C@](C)(C1)C2. The highest BCUT2D eigenvalue weighted by atomic mass is 19.2. The van der Waals surface area contributed by atoms with Crippen molar-refractivity contribution >= 4 is 5.82 Å². The normalized spacial score (nSPS) is 25.6. The molecule has 2 aliphatic rings. The van der Waals surface area contributed by atoms with Gasteiger partial charge in [0.05, 0.1) is 17.5 Å². The largest absolute Gasteiger partial charge is 0.507 e. The number of phenolic OH excluding ortho intramolecular Hbond substituents is 1. The van der Waals surface area contributed by atoms with Crippen molar-refractivity contribution in [1.82, 2.24) is 20.0 Å². The molecule has 1 N–H and O–H groups in total. The molecule has 184 valence electrons. The average molecular weight is 482 g/mol. The van der Waals surface area contributed by atoms with Crippen LogP contribution in [0.2, 0.25) is 0 Å². The second kappa shape index (κ2) is 8.10. The van der Waals surface area contributed by atoms with E-state index in [2.05, 4.69) is 34.0 Å². The minimum Gasteiger partial charge on any atom is -0.507 e. The molecule has 1 aromatic carbocycles. The van der Waals surface area contributed by atoms with Gasteiger partial charge in [-0.2, -0.15) is 5.10 Å². The lowest BCUT2D eigenvalue weighted by atomic mass is 9.68. The average Bonchev–Trinajstić information content (AvgIpc) is 3.04. The van der Waals surface area contributed by atoms with Gasteiger partial charge in [0.2, 0.25) is 0 Å². The fourth-order valence-corrected chi connectivity index (χ4v) is 6.16. The number of hydrogen-bond acceptors (Lipinski definition) is 6. The molecular weight excluding hydrogens is 452 g/mol. The van der Waals surface area contributed by atoms with Crippen molar-refractivity contribution in [2.24, 2.45) is 17.9 Å². The number of nitrogens with zero attached hydrogens (tertiary/aromatic N) is 5. The van der Waals surface area contributed by atoms with E-state index >= 15 is 4.39 Å². The maximum Gasteiger partial charge on any atom is 0.267 e. The summed E-state index contributed by atoms with van der Waals surface area (Å²) in [6.07, 6.45) is 7.15. The standard InChI is InChI=1S/C26H29F2N5O2/c1-25-7-8-26(2,14-25)12-16(11-25)32(3)20-6-5-18(30-31-20)22-19(34)10-17(23(27)24(22)28)15-9-21(35)33(4)29-13-15/h5-6,9-10,13,16,34H,7-8,11-12,14H2,1-4H3/t16?,25-,26+. The van der Waals surface area contributed by atoms with Crippen LogP contribution in [0.3, 0.4) is 0 Å². The lowest BCUT2D eigenvalue weighted by Gasteiger charge is -2.44. The van der Waals surface area contributed by atoms with Crippen LogP contribution in [-0.2, 0) is 7.05 Å². The Morgan fingerprint density at radius 1 is 1.09 bits per heavy atom. The number of phenols is 1. The van der Waals surface area contributed by atoms with Crippen LogP contribution in [0, 0.1) is 22.5 Å². The Morgan fingerprint density at radius 3 is 2.37 bits per heavy atom. The Bertz CT molecular complexity index is 1340. The van der Waals surface area contributed by atoms with Crippen molar-refractivity contribution in [3.63, 3.8) is 0 Å². The van der Waals surface area contributed by atoms with Crippen LogP contribution in [0.15, 0.2) is 35.3 Å². The van der Waals surface area contributed by atoms with E-state index in [1.54, 1.807) is 6.07 Å². The molecule has 1 unspecified atom stereocenters. The predicted molar refractivity (Wildman–Crippen MR) is 129 cm³/mol. The van der Waals surface area contributed by atoms with Gasteiger partial charge in [-0.25, -0.2) is 13.5 Å². The Morgan fingerprint density at radius 2 is 1.77 bits per heavy atom. The van der Waals surface area contributed by atoms with Crippen LogP contribution in [-0.4, -0.2) is 38.2 Å². The predicted octanol–water partition coefficient (Wildman–Crippen LogP) is 4.68. The third kappa shape index (κ3) is 4.06. The van der Waals surface area contributed by atoms with Crippen molar-refractivity contribution in [2.45, 2.75) is 52.0 Å². The zero-order valence-electron chi connectivity index (χ0n) is 20.3. The van der Waals surface area contributed by atoms with E-state index in [4.69, 9.17) is 0 Å². The molecule has 0 saturated heterocycles. The van der Waals surface area contributed by atoms with E-state index in [-0.39, 0.29) is 22.4 Å². The summed E-state index contributed by atoms with van der Waals surface area (Å²) in [5.41, 5.74) is -0.346. The molecule has 0 spiro atoms. The second-order valence-corrected chi connectivity index (χ2v) is 10.9. The van der Waals surface area contributed by atoms with Crippen LogP contribution in [0.4, 0.5) is 14.6 Å². The van der Waals surface area contributed by atoms with E-state index in [0.717, 1.165) is 29.7 Å². The number of rotatable bonds is 4. The van der Waals surface area contributed by atoms with Gasteiger partial charge in [-0.05, 0) is 61.1 Å². The first-order valence-corrected chi connectivity index (χ1v) is 11.8. The first-order chi connectivity index (χ1) is 16.5. The molecule has 2 bridgehead atoms. The molecule has 35 heavy (non-hydrogen) atoms. The lowest BCUT2D eigenvalue weighted by Crippen LogP contribution is -2.42. The number of hydrogen-bond donors (Lipinski definition) is 1. The molecule has 0 radical (unpaired) electrons. The fraction of sp³-hybridized carbons (Fsp3) is 0.462. The maximum absolute atomic E-state index is 15.1. The van der Waals surface area contributed by atoms with Crippen LogP contribution < -0.4 is 10.5 Å². The van der Waals surface area contributed by atoms with Crippen LogP contribution in [0.5, 0.6) is 5.75 Å². The second-order valence-electron chi connectivity index (χ2n) is 10.9. The molecule has 2 saturated carbocycles. The minimum absolute atomic E-state index is 0.0207. The van der Waals surface area contributed by atoms with E-state index in [1.165, 1.54) is 38.6 Å². The zero-order valence-corrected chi connectivity index (χ0v) is 20.3. The smallest absolute Gasteiger partial charge is 0.267 e. The number of aromatic hydroxyl groups is 1. The van der Waals surface area contributed by atoms with Crippen LogP contribution in [0.1, 0.15) is 46.0 Å². The first kappa shape index (κ1) is 23.4. The number of benzene rings is 1. The molecular formula is C26H29F2N5O2. The summed E-state index contributed by atoms with van der Waals surface area (Å²) in [4.78, 5) is 14.0. The van der Waals surface area contributed by atoms with Crippen molar-refractivity contribution in [1.29, 1.82) is 0 Å². The quantitative estimate of drug-likeness (QED) is 0.582. The van der Waals surface area contributed by atoms with Gasteiger partial charge in [-0.15, -0.1) is 10.2 Å². The highest BCUT2D eigenvalue weighted by Gasteiger charge is 2.50. The molecule has 2 aromatic heterocycles. The van der Waals surface area contributed by atoms with Crippen LogP contribution >= 0.6 is 0 Å². The molecule has 2 fully saturated rings. The molecule has 3 atom stereocenters. The molecule has 0 amide bonds. The zero-order chi connectivity index (χ0) is 25.1. The lowest BCUT2D eigenvalue weighted by molar-refractivity contribution is 0.148. The van der Waals surface area contributed by atoms with E-state index < -0.39 is 22.9 Å². The van der Waals surface area contributed by atoms with Gasteiger partial charge in [0.25, 0.3) is 5.56 Å². The van der Waals surface area contributed by atoms with Gasteiger partial charge in [0, 0.05) is 37.3 Å². The van der Waals surface area contributed by atoms with Gasteiger partial charge < -0.3 is 10.0 Å².